The van der Waals surface area contributed by atoms with E-state index in [-0.39, 0.29) is 18.4 Å². The first-order valence-corrected chi connectivity index (χ1v) is 6.12. The van der Waals surface area contributed by atoms with Gasteiger partial charge in [0, 0.05) is 13.1 Å². The number of nitrogens with zero attached hydrogens (tertiary/aromatic N) is 4. The molecule has 0 atom stereocenters. The summed E-state index contributed by atoms with van der Waals surface area (Å²) in [6.07, 6.45) is 0.442. The molecule has 2 heterocycles. The molecular weight excluding hydrogens is 262 g/mol. The number of rotatable bonds is 4. The molecule has 1 aliphatic heterocycles. The molecule has 0 radical (unpaired) electrons. The van der Waals surface area contributed by atoms with Crippen LogP contribution in [0.25, 0.3) is 0 Å². The van der Waals surface area contributed by atoms with Gasteiger partial charge in [0.15, 0.2) is 0 Å². The number of H-pyrrole nitrogens is 1. The molecule has 0 aliphatic carbocycles. The molecule has 1 aromatic heterocycles. The average molecular weight is 273 g/mol. The number of carbonyl (C=O) groups is 2. The summed E-state index contributed by atoms with van der Waals surface area (Å²) in [5.41, 5.74) is 0.444. The predicted octanol–water partition coefficient (Wildman–Crippen LogP) is -0.347. The van der Waals surface area contributed by atoms with Gasteiger partial charge in [-0.3, -0.25) is 14.5 Å². The number of fused-ring (bicyclic) bond motifs is 1. The van der Waals surface area contributed by atoms with E-state index in [1.807, 2.05) is 0 Å². The summed E-state index contributed by atoms with van der Waals surface area (Å²) < 4.78 is 1.15. The molecule has 8 heteroatoms. The number of nitrogens with one attached hydrogen (secondary N) is 1. The van der Waals surface area contributed by atoms with Crippen LogP contribution in [0.1, 0.15) is 27.1 Å². The van der Waals surface area contributed by atoms with Crippen LogP contribution < -0.4 is 5.69 Å². The van der Waals surface area contributed by atoms with Crippen molar-refractivity contribution in [1.29, 1.82) is 0 Å². The van der Waals surface area contributed by atoms with Crippen molar-refractivity contribution >= 4 is 11.8 Å². The van der Waals surface area contributed by atoms with Gasteiger partial charge >= 0.3 is 5.69 Å². The van der Waals surface area contributed by atoms with Crippen LogP contribution in [0.5, 0.6) is 0 Å². The van der Waals surface area contributed by atoms with Crippen molar-refractivity contribution < 1.29 is 9.59 Å². The molecule has 1 N–H and O–H groups in total. The summed E-state index contributed by atoms with van der Waals surface area (Å²) in [6.45, 7) is 0.536. The number of amides is 2. The van der Waals surface area contributed by atoms with E-state index < -0.39 is 5.69 Å². The van der Waals surface area contributed by atoms with Gasteiger partial charge < -0.3 is 0 Å². The van der Waals surface area contributed by atoms with E-state index in [1.165, 1.54) is 4.90 Å². The molecule has 8 nitrogen and oxygen atoms in total. The molecule has 0 fully saturated rings. The third-order valence-electron chi connectivity index (χ3n) is 3.16. The number of aromatic nitrogens is 4. The van der Waals surface area contributed by atoms with Gasteiger partial charge in [0.1, 0.15) is 0 Å². The lowest BCUT2D eigenvalue weighted by atomic mass is 10.1. The lowest BCUT2D eigenvalue weighted by Crippen LogP contribution is -2.32. The van der Waals surface area contributed by atoms with E-state index in [0.717, 1.165) is 4.68 Å². The van der Waals surface area contributed by atoms with E-state index in [9.17, 15) is 14.4 Å². The molecule has 1 aliphatic rings. The SMILES string of the molecule is O=C1c2ccccc2C(=O)N1CCCn1nn[nH]c1=O. The molecule has 3 rings (SSSR count). The molecular formula is C12H11N5O3. The monoisotopic (exact) mass is 273 g/mol. The number of benzene rings is 1. The fraction of sp³-hybridized carbons (Fsp3) is 0.250. The number of aromatic amines is 1. The Morgan fingerprint density at radius 2 is 1.65 bits per heavy atom. The van der Waals surface area contributed by atoms with Crippen LogP contribution in [-0.2, 0) is 6.54 Å². The number of hydrogen-bond donors (Lipinski definition) is 1. The highest BCUT2D eigenvalue weighted by atomic mass is 16.2. The highest BCUT2D eigenvalue weighted by Gasteiger charge is 2.34. The lowest BCUT2D eigenvalue weighted by Gasteiger charge is -2.12. The maximum atomic E-state index is 12.1. The third-order valence-corrected chi connectivity index (χ3v) is 3.16. The Morgan fingerprint density at radius 1 is 1.00 bits per heavy atom. The summed E-state index contributed by atoms with van der Waals surface area (Å²) in [5.74, 6) is -0.587. The maximum Gasteiger partial charge on any atom is 0.361 e. The summed E-state index contributed by atoms with van der Waals surface area (Å²) in [6, 6.07) is 6.72. The van der Waals surface area contributed by atoms with Crippen LogP contribution in [0, 0.1) is 0 Å². The van der Waals surface area contributed by atoms with Gasteiger partial charge in [-0.25, -0.2) is 9.89 Å². The maximum absolute atomic E-state index is 12.1. The first-order chi connectivity index (χ1) is 9.68. The normalized spacial score (nSPS) is 13.9. The quantitative estimate of drug-likeness (QED) is 0.767. The van der Waals surface area contributed by atoms with Gasteiger partial charge in [-0.2, -0.15) is 4.68 Å². The molecule has 0 spiro atoms. The molecule has 0 unspecified atom stereocenters. The van der Waals surface area contributed by atoms with Crippen LogP contribution in [0.15, 0.2) is 29.1 Å². The average Bonchev–Trinajstić information content (AvgIpc) is 2.97. The van der Waals surface area contributed by atoms with Gasteiger partial charge in [0.2, 0.25) is 0 Å². The Balaban J connectivity index is 1.68. The Kier molecular flexibility index (Phi) is 2.90. The second kappa shape index (κ2) is 4.72. The molecule has 20 heavy (non-hydrogen) atoms. The van der Waals surface area contributed by atoms with Crippen molar-refractivity contribution in [2.24, 2.45) is 0 Å². The minimum Gasteiger partial charge on any atom is -0.274 e. The minimum absolute atomic E-state index is 0.242. The Bertz CT molecular complexity index is 697. The largest absolute Gasteiger partial charge is 0.361 e. The highest BCUT2D eigenvalue weighted by Crippen LogP contribution is 2.22. The van der Waals surface area contributed by atoms with Crippen molar-refractivity contribution in [2.45, 2.75) is 13.0 Å². The smallest absolute Gasteiger partial charge is 0.274 e. The molecule has 0 saturated heterocycles. The topological polar surface area (TPSA) is 101 Å². The predicted molar refractivity (Wildman–Crippen MR) is 67.1 cm³/mol. The standard InChI is InChI=1S/C12H11N5O3/c18-10-8-4-1-2-5-9(8)11(19)16(10)6-3-7-17-12(20)13-14-15-17/h1-2,4-5H,3,6-7H2,(H,13,15,20). The summed E-state index contributed by atoms with van der Waals surface area (Å²) in [7, 11) is 0. The van der Waals surface area contributed by atoms with Crippen molar-refractivity contribution in [3.63, 3.8) is 0 Å². The van der Waals surface area contributed by atoms with Gasteiger partial charge in [0.05, 0.1) is 11.1 Å². The van der Waals surface area contributed by atoms with E-state index in [4.69, 9.17) is 0 Å². The van der Waals surface area contributed by atoms with Crippen molar-refractivity contribution in [3.05, 3.63) is 45.9 Å². The van der Waals surface area contributed by atoms with E-state index in [1.54, 1.807) is 24.3 Å². The number of carbonyl (C=O) groups excluding carboxylic acids is 2. The Morgan fingerprint density at radius 3 is 2.20 bits per heavy atom. The van der Waals surface area contributed by atoms with Gasteiger partial charge in [-0.15, -0.1) is 0 Å². The Labute approximate surface area is 113 Å². The van der Waals surface area contributed by atoms with Crippen LogP contribution in [0.2, 0.25) is 0 Å². The number of hydrogen-bond acceptors (Lipinski definition) is 5. The molecule has 2 amide bonds. The van der Waals surface area contributed by atoms with Gasteiger partial charge in [-0.1, -0.05) is 12.1 Å². The van der Waals surface area contributed by atoms with Crippen LogP contribution >= 0.6 is 0 Å². The molecule has 102 valence electrons. The zero-order valence-corrected chi connectivity index (χ0v) is 10.4. The highest BCUT2D eigenvalue weighted by molar-refractivity contribution is 6.21. The fourth-order valence-electron chi connectivity index (χ4n) is 2.18. The second-order valence-corrected chi connectivity index (χ2v) is 4.39. The molecule has 0 saturated carbocycles. The lowest BCUT2D eigenvalue weighted by molar-refractivity contribution is 0.0650. The molecule has 0 bridgehead atoms. The summed E-state index contributed by atoms with van der Waals surface area (Å²) in [4.78, 5) is 36.5. The third kappa shape index (κ3) is 1.91. The van der Waals surface area contributed by atoms with Crippen molar-refractivity contribution in [2.75, 3.05) is 6.54 Å². The number of aryl methyl sites for hydroxylation is 1. The first kappa shape index (κ1) is 12.3. The van der Waals surface area contributed by atoms with E-state index in [0.29, 0.717) is 24.1 Å². The number of tetrazole rings is 1. The number of imide groups is 1. The van der Waals surface area contributed by atoms with Crippen LogP contribution in [0.3, 0.4) is 0 Å². The van der Waals surface area contributed by atoms with Gasteiger partial charge in [0.25, 0.3) is 11.8 Å². The van der Waals surface area contributed by atoms with E-state index >= 15 is 0 Å². The summed E-state index contributed by atoms with van der Waals surface area (Å²) in [5, 5.41) is 9.11. The summed E-state index contributed by atoms with van der Waals surface area (Å²) >= 11 is 0. The molecule has 2 aromatic rings. The first-order valence-electron chi connectivity index (χ1n) is 6.12. The van der Waals surface area contributed by atoms with Crippen LogP contribution in [-0.4, -0.2) is 43.5 Å². The van der Waals surface area contributed by atoms with Crippen LogP contribution in [0.4, 0.5) is 0 Å². The van der Waals surface area contributed by atoms with E-state index in [2.05, 4.69) is 15.5 Å². The fourth-order valence-corrected chi connectivity index (χ4v) is 2.18. The second-order valence-electron chi connectivity index (χ2n) is 4.39. The zero-order valence-electron chi connectivity index (χ0n) is 10.4. The Hall–Kier alpha value is -2.77. The zero-order chi connectivity index (χ0) is 14.1. The van der Waals surface area contributed by atoms with Gasteiger partial charge in [-0.05, 0) is 29.0 Å². The minimum atomic E-state index is -0.410. The van der Waals surface area contributed by atoms with Crippen molar-refractivity contribution in [1.82, 2.24) is 25.1 Å². The molecule has 1 aromatic carbocycles. The van der Waals surface area contributed by atoms with Crippen molar-refractivity contribution in [3.8, 4) is 0 Å².